The standard InChI is InChI=1S/C23H31NO4.ClH/c1-23(2,3)24-15-19(25)16-28-22-8-6-5-7-18(22)11-14-21(26)17-9-12-20(27-4)13-10-17;/h5-10,12-13,19,24-25H,11,14-16H2,1-4H3;1H. The first kappa shape index (κ1) is 25.0. The number of Topliss-reactive ketones (excluding diaryl/α,β-unsaturated/α-hetero) is 1. The first-order chi connectivity index (χ1) is 13.3. The zero-order chi connectivity index (χ0) is 20.6. The maximum absolute atomic E-state index is 12.4. The monoisotopic (exact) mass is 421 g/mol. The summed E-state index contributed by atoms with van der Waals surface area (Å²) in [6.07, 6.45) is 0.367. The van der Waals surface area contributed by atoms with Crippen molar-refractivity contribution >= 4 is 18.2 Å². The van der Waals surface area contributed by atoms with Gasteiger partial charge in [-0.25, -0.2) is 0 Å². The molecular weight excluding hydrogens is 390 g/mol. The predicted molar refractivity (Wildman–Crippen MR) is 119 cm³/mol. The molecule has 1 atom stereocenters. The van der Waals surface area contributed by atoms with E-state index < -0.39 is 6.10 Å². The van der Waals surface area contributed by atoms with Gasteiger partial charge in [0.25, 0.3) is 0 Å². The molecular formula is C23H32ClNO4. The minimum atomic E-state index is -0.604. The van der Waals surface area contributed by atoms with Gasteiger partial charge in [-0.15, -0.1) is 12.4 Å². The number of hydrogen-bond acceptors (Lipinski definition) is 5. The molecule has 5 nitrogen and oxygen atoms in total. The van der Waals surface area contributed by atoms with Gasteiger partial charge in [0.15, 0.2) is 5.78 Å². The number of ketones is 1. The largest absolute Gasteiger partial charge is 0.497 e. The highest BCUT2D eigenvalue weighted by Gasteiger charge is 2.14. The summed E-state index contributed by atoms with van der Waals surface area (Å²) < 4.78 is 10.9. The second-order valence-corrected chi connectivity index (χ2v) is 7.86. The van der Waals surface area contributed by atoms with Crippen LogP contribution in [0.3, 0.4) is 0 Å². The zero-order valence-electron chi connectivity index (χ0n) is 17.6. The van der Waals surface area contributed by atoms with Crippen molar-refractivity contribution < 1.29 is 19.4 Å². The van der Waals surface area contributed by atoms with Crippen molar-refractivity contribution in [2.45, 2.75) is 45.3 Å². The van der Waals surface area contributed by atoms with Gasteiger partial charge >= 0.3 is 0 Å². The maximum atomic E-state index is 12.4. The fourth-order valence-corrected chi connectivity index (χ4v) is 2.69. The molecule has 2 aromatic rings. The number of para-hydroxylation sites is 1. The molecule has 0 spiro atoms. The van der Waals surface area contributed by atoms with Crippen LogP contribution in [-0.4, -0.2) is 42.8 Å². The Bertz CT molecular complexity index is 756. The highest BCUT2D eigenvalue weighted by Crippen LogP contribution is 2.21. The Morgan fingerprint density at radius 2 is 1.76 bits per heavy atom. The van der Waals surface area contributed by atoms with Crippen molar-refractivity contribution in [1.82, 2.24) is 5.32 Å². The lowest BCUT2D eigenvalue weighted by Crippen LogP contribution is -2.42. The van der Waals surface area contributed by atoms with Crippen molar-refractivity contribution in [2.24, 2.45) is 0 Å². The maximum Gasteiger partial charge on any atom is 0.163 e. The summed E-state index contributed by atoms with van der Waals surface area (Å²) >= 11 is 0. The van der Waals surface area contributed by atoms with Gasteiger partial charge in [-0.05, 0) is 63.1 Å². The molecule has 1 unspecified atom stereocenters. The van der Waals surface area contributed by atoms with Crippen LogP contribution in [0.2, 0.25) is 0 Å². The summed E-state index contributed by atoms with van der Waals surface area (Å²) in [4.78, 5) is 12.4. The third-order valence-electron chi connectivity index (χ3n) is 4.31. The van der Waals surface area contributed by atoms with Crippen LogP contribution in [0.4, 0.5) is 0 Å². The van der Waals surface area contributed by atoms with Crippen LogP contribution >= 0.6 is 12.4 Å². The molecule has 0 amide bonds. The van der Waals surface area contributed by atoms with E-state index in [-0.39, 0.29) is 30.3 Å². The van der Waals surface area contributed by atoms with Crippen molar-refractivity contribution in [3.8, 4) is 11.5 Å². The third kappa shape index (κ3) is 8.86. The van der Waals surface area contributed by atoms with E-state index >= 15 is 0 Å². The number of nitrogens with one attached hydrogen (secondary N) is 1. The Morgan fingerprint density at radius 1 is 1.10 bits per heavy atom. The van der Waals surface area contributed by atoms with Crippen LogP contribution in [0.25, 0.3) is 0 Å². The number of rotatable bonds is 10. The van der Waals surface area contributed by atoms with Crippen molar-refractivity contribution in [1.29, 1.82) is 0 Å². The molecule has 2 aromatic carbocycles. The van der Waals surface area contributed by atoms with Crippen molar-refractivity contribution in [2.75, 3.05) is 20.3 Å². The second-order valence-electron chi connectivity index (χ2n) is 7.86. The summed E-state index contributed by atoms with van der Waals surface area (Å²) in [5.74, 6) is 1.52. The fourth-order valence-electron chi connectivity index (χ4n) is 2.69. The number of aliphatic hydroxyl groups is 1. The van der Waals surface area contributed by atoms with Crippen LogP contribution < -0.4 is 14.8 Å². The van der Waals surface area contributed by atoms with Gasteiger partial charge in [-0.3, -0.25) is 4.79 Å². The highest BCUT2D eigenvalue weighted by molar-refractivity contribution is 5.96. The van der Waals surface area contributed by atoms with E-state index in [9.17, 15) is 9.90 Å². The van der Waals surface area contributed by atoms with E-state index in [1.807, 2.05) is 24.3 Å². The molecule has 0 aromatic heterocycles. The number of halogens is 1. The van der Waals surface area contributed by atoms with Crippen LogP contribution in [0.1, 0.15) is 43.1 Å². The molecule has 0 saturated carbocycles. The van der Waals surface area contributed by atoms with Crippen LogP contribution in [0.5, 0.6) is 11.5 Å². The first-order valence-corrected chi connectivity index (χ1v) is 9.59. The van der Waals surface area contributed by atoms with Gasteiger partial charge in [-0.1, -0.05) is 18.2 Å². The van der Waals surface area contributed by atoms with Crippen LogP contribution in [-0.2, 0) is 6.42 Å². The van der Waals surface area contributed by atoms with Gasteiger partial charge in [0.05, 0.1) is 7.11 Å². The SMILES string of the molecule is COc1ccc(C(=O)CCc2ccccc2OCC(O)CNC(C)(C)C)cc1.Cl. The summed E-state index contributed by atoms with van der Waals surface area (Å²) in [7, 11) is 1.60. The van der Waals surface area contributed by atoms with E-state index in [0.29, 0.717) is 30.7 Å². The molecule has 2 N–H and O–H groups in total. The predicted octanol–water partition coefficient (Wildman–Crippen LogP) is 4.06. The number of carbonyl (C=O) groups is 1. The van der Waals surface area contributed by atoms with E-state index in [4.69, 9.17) is 9.47 Å². The first-order valence-electron chi connectivity index (χ1n) is 9.59. The smallest absolute Gasteiger partial charge is 0.163 e. The minimum absolute atomic E-state index is 0. The molecule has 0 saturated heterocycles. The summed E-state index contributed by atoms with van der Waals surface area (Å²) in [6, 6.07) is 14.8. The average molecular weight is 422 g/mol. The van der Waals surface area contributed by atoms with Gasteiger partial charge in [-0.2, -0.15) is 0 Å². The molecule has 29 heavy (non-hydrogen) atoms. The topological polar surface area (TPSA) is 67.8 Å². The molecule has 0 heterocycles. The van der Waals surface area contributed by atoms with E-state index in [1.54, 1.807) is 31.4 Å². The Kier molecular flexibility index (Phi) is 10.2. The molecule has 160 valence electrons. The molecule has 0 aliphatic carbocycles. The molecule has 0 aliphatic heterocycles. The lowest BCUT2D eigenvalue weighted by molar-refractivity contribution is 0.0972. The minimum Gasteiger partial charge on any atom is -0.497 e. The number of carbonyl (C=O) groups excluding carboxylic acids is 1. The van der Waals surface area contributed by atoms with E-state index in [1.165, 1.54) is 0 Å². The Hall–Kier alpha value is -2.08. The van der Waals surface area contributed by atoms with Crippen LogP contribution in [0, 0.1) is 0 Å². The number of aliphatic hydroxyl groups excluding tert-OH is 1. The summed E-state index contributed by atoms with van der Waals surface area (Å²) in [5.41, 5.74) is 1.57. The lowest BCUT2D eigenvalue weighted by atomic mass is 10.0. The van der Waals surface area contributed by atoms with E-state index in [2.05, 4.69) is 26.1 Å². The molecule has 6 heteroatoms. The van der Waals surface area contributed by atoms with Crippen LogP contribution in [0.15, 0.2) is 48.5 Å². The molecule has 0 aliphatic rings. The average Bonchev–Trinajstić information content (AvgIpc) is 2.69. The number of methoxy groups -OCH3 is 1. The van der Waals surface area contributed by atoms with Crippen molar-refractivity contribution in [3.05, 3.63) is 59.7 Å². The Morgan fingerprint density at radius 3 is 2.38 bits per heavy atom. The quantitative estimate of drug-likeness (QED) is 0.566. The molecule has 2 rings (SSSR count). The van der Waals surface area contributed by atoms with Gasteiger partial charge < -0.3 is 19.9 Å². The van der Waals surface area contributed by atoms with Gasteiger partial charge in [0, 0.05) is 24.1 Å². The molecule has 0 bridgehead atoms. The summed E-state index contributed by atoms with van der Waals surface area (Å²) in [6.45, 7) is 6.81. The normalized spacial score (nSPS) is 12.0. The fraction of sp³-hybridized carbons (Fsp3) is 0.435. The highest BCUT2D eigenvalue weighted by atomic mass is 35.5. The number of β-amino-alcohol motifs (C(OH)–C–C–N with tert-alkyl or cyclic N) is 1. The van der Waals surface area contributed by atoms with Gasteiger partial charge in [0.2, 0.25) is 0 Å². The number of hydrogen-bond donors (Lipinski definition) is 2. The van der Waals surface area contributed by atoms with Gasteiger partial charge in [0.1, 0.15) is 24.2 Å². The molecule has 0 fully saturated rings. The zero-order valence-corrected chi connectivity index (χ0v) is 18.4. The summed E-state index contributed by atoms with van der Waals surface area (Å²) in [5, 5.41) is 13.4. The third-order valence-corrected chi connectivity index (χ3v) is 4.31. The molecule has 0 radical (unpaired) electrons. The van der Waals surface area contributed by atoms with Crippen molar-refractivity contribution in [3.63, 3.8) is 0 Å². The lowest BCUT2D eigenvalue weighted by Gasteiger charge is -2.23. The second kappa shape index (κ2) is 11.8. The Balaban J connectivity index is 0.00000420. The number of ether oxygens (including phenoxy) is 2. The number of benzene rings is 2. The Labute approximate surface area is 179 Å². The number of aryl methyl sites for hydroxylation is 1. The van der Waals surface area contributed by atoms with E-state index in [0.717, 1.165) is 11.3 Å².